The van der Waals surface area contributed by atoms with Crippen LogP contribution in [0.25, 0.3) is 0 Å². The first-order chi connectivity index (χ1) is 7.34. The van der Waals surface area contributed by atoms with Gasteiger partial charge in [0.15, 0.2) is 0 Å². The van der Waals surface area contributed by atoms with Crippen molar-refractivity contribution in [2.75, 3.05) is 5.32 Å². The van der Waals surface area contributed by atoms with Gasteiger partial charge in [-0.2, -0.15) is 5.10 Å². The van der Waals surface area contributed by atoms with Gasteiger partial charge in [-0.25, -0.2) is 0 Å². The standard InChI is InChI=1S/C11H20N4O/c1-6(2)9(12)11(16)13-10-7(3)14-15(5)8(10)4/h6,9H,12H2,1-5H3,(H,13,16). The van der Waals surface area contributed by atoms with Gasteiger partial charge in [0.1, 0.15) is 0 Å². The van der Waals surface area contributed by atoms with Gasteiger partial charge in [-0.05, 0) is 19.8 Å². The maximum Gasteiger partial charge on any atom is 0.241 e. The topological polar surface area (TPSA) is 72.9 Å². The molecular formula is C11H20N4O. The van der Waals surface area contributed by atoms with Crippen LogP contribution < -0.4 is 11.1 Å². The zero-order valence-corrected chi connectivity index (χ0v) is 10.5. The summed E-state index contributed by atoms with van der Waals surface area (Å²) in [5.41, 5.74) is 8.28. The van der Waals surface area contributed by atoms with E-state index in [1.807, 2.05) is 34.7 Å². The van der Waals surface area contributed by atoms with E-state index in [0.29, 0.717) is 0 Å². The molecule has 1 unspecified atom stereocenters. The number of aromatic nitrogens is 2. The molecule has 0 aromatic carbocycles. The summed E-state index contributed by atoms with van der Waals surface area (Å²) in [7, 11) is 1.85. The Hall–Kier alpha value is -1.36. The Balaban J connectivity index is 2.85. The van der Waals surface area contributed by atoms with E-state index in [1.165, 1.54) is 0 Å². The van der Waals surface area contributed by atoms with Crippen LogP contribution in [0.5, 0.6) is 0 Å². The van der Waals surface area contributed by atoms with Crippen molar-refractivity contribution < 1.29 is 4.79 Å². The molecule has 90 valence electrons. The van der Waals surface area contributed by atoms with Gasteiger partial charge in [0.05, 0.1) is 23.1 Å². The van der Waals surface area contributed by atoms with Gasteiger partial charge in [-0.3, -0.25) is 9.48 Å². The van der Waals surface area contributed by atoms with Crippen LogP contribution in [0.15, 0.2) is 0 Å². The third kappa shape index (κ3) is 2.41. The summed E-state index contributed by atoms with van der Waals surface area (Å²) in [5, 5.41) is 7.06. The van der Waals surface area contributed by atoms with Crippen LogP contribution in [-0.2, 0) is 11.8 Å². The lowest BCUT2D eigenvalue weighted by molar-refractivity contribution is -0.118. The summed E-state index contributed by atoms with van der Waals surface area (Å²) < 4.78 is 1.74. The zero-order valence-electron chi connectivity index (χ0n) is 10.5. The van der Waals surface area contributed by atoms with Gasteiger partial charge in [-0.1, -0.05) is 13.8 Å². The molecule has 1 aromatic heterocycles. The molecule has 1 atom stereocenters. The number of nitrogens with zero attached hydrogens (tertiary/aromatic N) is 2. The Bertz CT molecular complexity index is 395. The number of nitrogens with two attached hydrogens (primary N) is 1. The number of hydrogen-bond donors (Lipinski definition) is 2. The second-order valence-corrected chi connectivity index (χ2v) is 4.43. The van der Waals surface area contributed by atoms with E-state index in [0.717, 1.165) is 17.1 Å². The van der Waals surface area contributed by atoms with Crippen molar-refractivity contribution >= 4 is 11.6 Å². The lowest BCUT2D eigenvalue weighted by Gasteiger charge is -2.15. The predicted molar refractivity (Wildman–Crippen MR) is 64.1 cm³/mol. The quantitative estimate of drug-likeness (QED) is 0.803. The minimum absolute atomic E-state index is 0.122. The molecule has 0 aliphatic rings. The number of nitrogens with one attached hydrogen (secondary N) is 1. The smallest absolute Gasteiger partial charge is 0.241 e. The average molecular weight is 224 g/mol. The fourth-order valence-electron chi connectivity index (χ4n) is 1.46. The van der Waals surface area contributed by atoms with E-state index >= 15 is 0 Å². The molecule has 0 fully saturated rings. The number of carbonyl (C=O) groups is 1. The van der Waals surface area contributed by atoms with Crippen molar-refractivity contribution in [1.29, 1.82) is 0 Å². The Morgan fingerprint density at radius 2 is 2.00 bits per heavy atom. The fraction of sp³-hybridized carbons (Fsp3) is 0.636. The molecule has 0 aliphatic carbocycles. The maximum atomic E-state index is 11.8. The molecule has 0 aliphatic heterocycles. The normalized spacial score (nSPS) is 12.9. The fourth-order valence-corrected chi connectivity index (χ4v) is 1.46. The minimum atomic E-state index is -0.487. The lowest BCUT2D eigenvalue weighted by atomic mass is 10.0. The molecule has 3 N–H and O–H groups in total. The molecule has 0 bridgehead atoms. The maximum absolute atomic E-state index is 11.8. The molecule has 0 spiro atoms. The second kappa shape index (κ2) is 4.65. The van der Waals surface area contributed by atoms with Crippen LogP contribution in [0, 0.1) is 19.8 Å². The van der Waals surface area contributed by atoms with E-state index in [1.54, 1.807) is 4.68 Å². The molecular weight excluding hydrogens is 204 g/mol. The van der Waals surface area contributed by atoms with Gasteiger partial charge in [0.2, 0.25) is 5.91 Å². The van der Waals surface area contributed by atoms with Crippen LogP contribution in [0.3, 0.4) is 0 Å². The highest BCUT2D eigenvalue weighted by Gasteiger charge is 2.20. The van der Waals surface area contributed by atoms with Crippen LogP contribution in [0.2, 0.25) is 0 Å². The Labute approximate surface area is 96.0 Å². The SMILES string of the molecule is Cc1nn(C)c(C)c1NC(=O)C(N)C(C)C. The van der Waals surface area contributed by atoms with Crippen molar-refractivity contribution in [2.45, 2.75) is 33.7 Å². The highest BCUT2D eigenvalue weighted by atomic mass is 16.2. The van der Waals surface area contributed by atoms with E-state index in [2.05, 4.69) is 10.4 Å². The number of amides is 1. The van der Waals surface area contributed by atoms with Crippen molar-refractivity contribution in [2.24, 2.45) is 18.7 Å². The summed E-state index contributed by atoms with van der Waals surface area (Å²) in [5.74, 6) is -0.0357. The summed E-state index contributed by atoms with van der Waals surface area (Å²) >= 11 is 0. The van der Waals surface area contributed by atoms with Gasteiger partial charge in [0.25, 0.3) is 0 Å². The van der Waals surface area contributed by atoms with Crippen molar-refractivity contribution in [3.8, 4) is 0 Å². The first-order valence-corrected chi connectivity index (χ1v) is 5.41. The second-order valence-electron chi connectivity index (χ2n) is 4.43. The lowest BCUT2D eigenvalue weighted by Crippen LogP contribution is -2.39. The number of aryl methyl sites for hydroxylation is 2. The van der Waals surface area contributed by atoms with Crippen LogP contribution in [0.1, 0.15) is 25.2 Å². The summed E-state index contributed by atoms with van der Waals surface area (Å²) in [6, 6.07) is -0.487. The van der Waals surface area contributed by atoms with E-state index in [4.69, 9.17) is 5.73 Å². The van der Waals surface area contributed by atoms with Gasteiger partial charge < -0.3 is 11.1 Å². The Kier molecular flexibility index (Phi) is 3.70. The molecule has 0 radical (unpaired) electrons. The average Bonchev–Trinajstić information content (AvgIpc) is 2.43. The largest absolute Gasteiger partial charge is 0.322 e. The predicted octanol–water partition coefficient (Wildman–Crippen LogP) is 0.959. The number of anilines is 1. The monoisotopic (exact) mass is 224 g/mol. The molecule has 16 heavy (non-hydrogen) atoms. The molecule has 5 nitrogen and oxygen atoms in total. The van der Waals surface area contributed by atoms with Crippen molar-refractivity contribution in [3.05, 3.63) is 11.4 Å². The van der Waals surface area contributed by atoms with Crippen molar-refractivity contribution in [3.63, 3.8) is 0 Å². The van der Waals surface area contributed by atoms with Crippen LogP contribution in [0.4, 0.5) is 5.69 Å². The first-order valence-electron chi connectivity index (χ1n) is 5.41. The summed E-state index contributed by atoms with van der Waals surface area (Å²) in [6.07, 6.45) is 0. The van der Waals surface area contributed by atoms with E-state index in [9.17, 15) is 4.79 Å². The highest BCUT2D eigenvalue weighted by molar-refractivity contribution is 5.95. The van der Waals surface area contributed by atoms with Crippen LogP contribution >= 0.6 is 0 Å². The zero-order chi connectivity index (χ0) is 12.5. The molecule has 0 saturated carbocycles. The minimum Gasteiger partial charge on any atom is -0.322 e. The molecule has 1 rings (SSSR count). The van der Waals surface area contributed by atoms with Crippen LogP contribution in [-0.4, -0.2) is 21.7 Å². The third-order valence-electron chi connectivity index (χ3n) is 2.78. The Morgan fingerprint density at radius 1 is 1.44 bits per heavy atom. The summed E-state index contributed by atoms with van der Waals surface area (Å²) in [6.45, 7) is 7.63. The molecule has 5 heteroatoms. The number of hydrogen-bond acceptors (Lipinski definition) is 3. The Morgan fingerprint density at radius 3 is 2.38 bits per heavy atom. The third-order valence-corrected chi connectivity index (χ3v) is 2.78. The van der Waals surface area contributed by atoms with Gasteiger partial charge in [-0.15, -0.1) is 0 Å². The summed E-state index contributed by atoms with van der Waals surface area (Å²) in [4.78, 5) is 11.8. The molecule has 1 amide bonds. The number of carbonyl (C=O) groups excluding carboxylic acids is 1. The van der Waals surface area contributed by atoms with Gasteiger partial charge in [0, 0.05) is 7.05 Å². The van der Waals surface area contributed by atoms with E-state index in [-0.39, 0.29) is 11.8 Å². The highest BCUT2D eigenvalue weighted by Crippen LogP contribution is 2.18. The van der Waals surface area contributed by atoms with Crippen molar-refractivity contribution in [1.82, 2.24) is 9.78 Å². The number of rotatable bonds is 3. The molecule has 0 saturated heterocycles. The molecule has 1 heterocycles. The molecule has 1 aromatic rings. The van der Waals surface area contributed by atoms with Gasteiger partial charge >= 0.3 is 0 Å². The van der Waals surface area contributed by atoms with E-state index < -0.39 is 6.04 Å². The first kappa shape index (κ1) is 12.7.